The number of fused-ring (bicyclic) bond motifs is 1. The van der Waals surface area contributed by atoms with E-state index < -0.39 is 0 Å². The van der Waals surface area contributed by atoms with Crippen LogP contribution in [0, 0.1) is 0 Å². The lowest BCUT2D eigenvalue weighted by Crippen LogP contribution is -2.04. The molecule has 100 valence electrons. The van der Waals surface area contributed by atoms with Gasteiger partial charge in [-0.05, 0) is 67.8 Å². The molecule has 0 saturated heterocycles. The molecule has 0 atom stereocenters. The minimum atomic E-state index is -0.181. The lowest BCUT2D eigenvalue weighted by molar-refractivity contribution is -0.110. The van der Waals surface area contributed by atoms with E-state index in [1.54, 1.807) is 30.5 Å². The zero-order valence-electron chi connectivity index (χ0n) is 10.0. The van der Waals surface area contributed by atoms with Crippen molar-refractivity contribution in [3.05, 3.63) is 50.5 Å². The van der Waals surface area contributed by atoms with Crippen molar-refractivity contribution in [3.63, 3.8) is 0 Å². The van der Waals surface area contributed by atoms with E-state index in [1.165, 1.54) is 0 Å². The van der Waals surface area contributed by atoms with Crippen LogP contribution in [0.3, 0.4) is 0 Å². The van der Waals surface area contributed by atoms with Gasteiger partial charge in [0.2, 0.25) is 0 Å². The molecule has 0 saturated carbocycles. The average molecular weight is 396 g/mol. The molecule has 6 heteroatoms. The van der Waals surface area contributed by atoms with Crippen LogP contribution in [0.25, 0.3) is 11.6 Å². The second-order valence-electron chi connectivity index (χ2n) is 4.24. The highest BCUT2D eigenvalue weighted by Crippen LogP contribution is 2.36. The highest BCUT2D eigenvalue weighted by atomic mass is 79.9. The molecule has 0 aliphatic carbocycles. The van der Waals surface area contributed by atoms with Gasteiger partial charge in [-0.3, -0.25) is 4.79 Å². The third-order valence-corrected chi connectivity index (χ3v) is 4.13. The second kappa shape index (κ2) is 5.03. The molecule has 20 heavy (non-hydrogen) atoms. The van der Waals surface area contributed by atoms with Crippen molar-refractivity contribution in [2.24, 2.45) is 0 Å². The molecule has 0 spiro atoms. The van der Waals surface area contributed by atoms with Crippen molar-refractivity contribution in [1.82, 2.24) is 4.98 Å². The van der Waals surface area contributed by atoms with E-state index in [9.17, 15) is 9.90 Å². The molecule has 1 aliphatic heterocycles. The number of anilines is 1. The molecular formula is C14H8Br2N2O2. The number of aromatic nitrogens is 1. The Kier molecular flexibility index (Phi) is 3.35. The molecular weight excluding hydrogens is 388 g/mol. The molecule has 2 N–H and O–H groups in total. The first-order chi connectivity index (χ1) is 9.56. The number of amides is 1. The lowest BCUT2D eigenvalue weighted by Gasteiger charge is -2.03. The van der Waals surface area contributed by atoms with Crippen LogP contribution in [-0.4, -0.2) is 16.0 Å². The van der Waals surface area contributed by atoms with Gasteiger partial charge in [-0.2, -0.15) is 0 Å². The predicted octanol–water partition coefficient (Wildman–Crippen LogP) is 3.80. The minimum Gasteiger partial charge on any atom is -0.506 e. The van der Waals surface area contributed by atoms with Gasteiger partial charge in [-0.25, -0.2) is 4.98 Å². The average Bonchev–Trinajstić information content (AvgIpc) is 2.73. The van der Waals surface area contributed by atoms with Gasteiger partial charge < -0.3 is 10.4 Å². The Balaban J connectivity index is 2.11. The number of carbonyl (C=O) groups excluding carboxylic acids is 1. The number of nitrogens with one attached hydrogen (secondary N) is 1. The number of phenols is 1. The van der Waals surface area contributed by atoms with Gasteiger partial charge in [0, 0.05) is 11.8 Å². The highest BCUT2D eigenvalue weighted by Gasteiger charge is 2.24. The van der Waals surface area contributed by atoms with Crippen molar-refractivity contribution in [2.45, 2.75) is 0 Å². The lowest BCUT2D eigenvalue weighted by atomic mass is 10.1. The summed E-state index contributed by atoms with van der Waals surface area (Å²) in [6, 6.07) is 7.12. The summed E-state index contributed by atoms with van der Waals surface area (Å²) in [6.45, 7) is 0. The molecule has 1 aliphatic rings. The Morgan fingerprint density at radius 2 is 1.95 bits per heavy atom. The summed E-state index contributed by atoms with van der Waals surface area (Å²) in [5, 5.41) is 12.4. The van der Waals surface area contributed by atoms with Gasteiger partial charge in [0.05, 0.1) is 14.5 Å². The van der Waals surface area contributed by atoms with Crippen LogP contribution in [0.15, 0.2) is 39.4 Å². The summed E-state index contributed by atoms with van der Waals surface area (Å²) in [5.41, 5.74) is 2.12. The number of phenolic OH excluding ortho intramolecular Hbond substituents is 1. The Morgan fingerprint density at radius 1 is 1.25 bits per heavy atom. The number of nitrogens with zero attached hydrogens (tertiary/aromatic N) is 1. The van der Waals surface area contributed by atoms with Crippen molar-refractivity contribution < 1.29 is 9.90 Å². The maximum Gasteiger partial charge on any atom is 0.257 e. The number of rotatable bonds is 1. The summed E-state index contributed by atoms with van der Waals surface area (Å²) >= 11 is 6.54. The Hall–Kier alpha value is -1.66. The van der Waals surface area contributed by atoms with Gasteiger partial charge in [0.15, 0.2) is 0 Å². The predicted molar refractivity (Wildman–Crippen MR) is 84.2 cm³/mol. The molecule has 2 heterocycles. The summed E-state index contributed by atoms with van der Waals surface area (Å²) < 4.78 is 1.12. The van der Waals surface area contributed by atoms with Crippen LogP contribution in [-0.2, 0) is 4.79 Å². The van der Waals surface area contributed by atoms with E-state index in [-0.39, 0.29) is 11.7 Å². The van der Waals surface area contributed by atoms with E-state index >= 15 is 0 Å². The molecule has 2 aromatic rings. The summed E-state index contributed by atoms with van der Waals surface area (Å²) in [6.07, 6.45) is 3.40. The normalized spacial score (nSPS) is 15.3. The first-order valence-electron chi connectivity index (χ1n) is 5.72. The SMILES string of the molecule is O=C1Nc2ncccc2C1=Cc1cc(Br)c(O)c(Br)c1. The molecule has 0 radical (unpaired) electrons. The highest BCUT2D eigenvalue weighted by molar-refractivity contribution is 9.11. The smallest absolute Gasteiger partial charge is 0.257 e. The van der Waals surface area contributed by atoms with E-state index in [2.05, 4.69) is 42.2 Å². The fourth-order valence-electron chi connectivity index (χ4n) is 2.00. The Labute approximate surface area is 131 Å². The summed E-state index contributed by atoms with van der Waals surface area (Å²) in [4.78, 5) is 16.1. The number of hydrogen-bond acceptors (Lipinski definition) is 3. The maximum absolute atomic E-state index is 12.0. The maximum atomic E-state index is 12.0. The standard InChI is InChI=1S/C14H8Br2N2O2/c15-10-5-7(6-11(16)12(10)19)4-9-8-2-1-3-17-13(8)18-14(9)20/h1-6,19H,(H,17,18,20). The van der Waals surface area contributed by atoms with Crippen molar-refractivity contribution in [2.75, 3.05) is 5.32 Å². The molecule has 1 aromatic heterocycles. The molecule has 1 amide bonds. The van der Waals surface area contributed by atoms with Crippen molar-refractivity contribution in [3.8, 4) is 5.75 Å². The molecule has 0 fully saturated rings. The number of aromatic hydroxyl groups is 1. The third kappa shape index (κ3) is 2.25. The molecule has 0 bridgehead atoms. The van der Waals surface area contributed by atoms with E-state index in [0.29, 0.717) is 20.3 Å². The number of halogens is 2. The van der Waals surface area contributed by atoms with Gasteiger partial charge in [-0.15, -0.1) is 0 Å². The fourth-order valence-corrected chi connectivity index (χ4v) is 3.22. The molecule has 4 nitrogen and oxygen atoms in total. The van der Waals surface area contributed by atoms with Crippen LogP contribution >= 0.6 is 31.9 Å². The van der Waals surface area contributed by atoms with E-state index in [1.807, 2.05) is 6.07 Å². The first kappa shape index (κ1) is 13.3. The van der Waals surface area contributed by atoms with Gasteiger partial charge in [-0.1, -0.05) is 0 Å². The van der Waals surface area contributed by atoms with E-state index in [0.717, 1.165) is 11.1 Å². The number of pyridine rings is 1. The van der Waals surface area contributed by atoms with Crippen LogP contribution in [0.2, 0.25) is 0 Å². The molecule has 1 aromatic carbocycles. The molecule has 0 unspecified atom stereocenters. The Morgan fingerprint density at radius 3 is 2.65 bits per heavy atom. The zero-order valence-corrected chi connectivity index (χ0v) is 13.2. The number of carbonyl (C=O) groups is 1. The van der Waals surface area contributed by atoms with Gasteiger partial charge in [0.25, 0.3) is 5.91 Å². The number of hydrogen-bond donors (Lipinski definition) is 2. The summed E-state index contributed by atoms with van der Waals surface area (Å²) in [5.74, 6) is 0.518. The summed E-state index contributed by atoms with van der Waals surface area (Å²) in [7, 11) is 0. The van der Waals surface area contributed by atoms with Crippen molar-refractivity contribution in [1.29, 1.82) is 0 Å². The van der Waals surface area contributed by atoms with Gasteiger partial charge >= 0.3 is 0 Å². The number of benzene rings is 1. The topological polar surface area (TPSA) is 62.2 Å². The van der Waals surface area contributed by atoms with Crippen LogP contribution < -0.4 is 5.32 Å². The third-order valence-electron chi connectivity index (χ3n) is 2.92. The van der Waals surface area contributed by atoms with Gasteiger partial charge in [0.1, 0.15) is 11.6 Å². The van der Waals surface area contributed by atoms with Crippen molar-refractivity contribution >= 4 is 55.2 Å². The van der Waals surface area contributed by atoms with Crippen LogP contribution in [0.1, 0.15) is 11.1 Å². The fraction of sp³-hybridized carbons (Fsp3) is 0. The quantitative estimate of drug-likeness (QED) is 0.721. The Bertz CT molecular complexity index is 734. The first-order valence-corrected chi connectivity index (χ1v) is 7.31. The van der Waals surface area contributed by atoms with Crippen LogP contribution in [0.4, 0.5) is 5.82 Å². The second-order valence-corrected chi connectivity index (χ2v) is 5.95. The minimum absolute atomic E-state index is 0.130. The zero-order chi connectivity index (χ0) is 14.3. The van der Waals surface area contributed by atoms with Crippen LogP contribution in [0.5, 0.6) is 5.75 Å². The largest absolute Gasteiger partial charge is 0.506 e. The monoisotopic (exact) mass is 394 g/mol. The van der Waals surface area contributed by atoms with E-state index in [4.69, 9.17) is 0 Å². The molecule has 3 rings (SSSR count).